The van der Waals surface area contributed by atoms with E-state index in [-0.39, 0.29) is 11.3 Å². The fourth-order valence-electron chi connectivity index (χ4n) is 2.79. The zero-order valence-electron chi connectivity index (χ0n) is 16.1. The fourth-order valence-corrected chi connectivity index (χ4v) is 2.79. The van der Waals surface area contributed by atoms with Gasteiger partial charge in [0, 0.05) is 17.3 Å². The number of halogens is 6. The summed E-state index contributed by atoms with van der Waals surface area (Å²) in [6.07, 6.45) is -8.38. The van der Waals surface area contributed by atoms with Crippen LogP contribution in [0, 0.1) is 0 Å². The van der Waals surface area contributed by atoms with Crippen LogP contribution in [0.1, 0.15) is 10.5 Å². The lowest BCUT2D eigenvalue weighted by molar-refractivity contribution is -0.275. The second-order valence-electron chi connectivity index (χ2n) is 6.26. The van der Waals surface area contributed by atoms with Crippen LogP contribution < -0.4 is 9.47 Å². The summed E-state index contributed by atoms with van der Waals surface area (Å²) in [5.41, 5.74) is 1.37. The topological polar surface area (TPSA) is 57.7 Å². The van der Waals surface area contributed by atoms with E-state index in [2.05, 4.69) is 14.5 Å². The van der Waals surface area contributed by atoms with Gasteiger partial charge in [0.25, 0.3) is 0 Å². The van der Waals surface area contributed by atoms with Crippen molar-refractivity contribution in [3.63, 3.8) is 0 Å². The Labute approximate surface area is 177 Å². The number of hydrogen-bond acceptors (Lipinski definition) is 5. The fraction of sp³-hybridized carbons (Fsp3) is 0.143. The number of pyridine rings is 1. The molecule has 0 unspecified atom stereocenters. The predicted octanol–water partition coefficient (Wildman–Crippen LogP) is 6.00. The van der Waals surface area contributed by atoms with Crippen molar-refractivity contribution in [2.24, 2.45) is 0 Å². The van der Waals surface area contributed by atoms with E-state index >= 15 is 0 Å². The SMILES string of the molecule is COC(=O)c1ncc(-c2ccc(OC(F)(F)F)cc2)cc1-c1ccc(OC(F)(F)F)cc1. The lowest BCUT2D eigenvalue weighted by Gasteiger charge is -2.13. The molecule has 2 aromatic carbocycles. The normalized spacial score (nSPS) is 11.7. The molecule has 0 amide bonds. The molecule has 0 saturated heterocycles. The second-order valence-corrected chi connectivity index (χ2v) is 6.26. The Bertz CT molecular complexity index is 1090. The third kappa shape index (κ3) is 5.90. The van der Waals surface area contributed by atoms with Gasteiger partial charge in [0.05, 0.1) is 7.11 Å². The Morgan fingerprint density at radius 1 is 0.750 bits per heavy atom. The summed E-state index contributed by atoms with van der Waals surface area (Å²) >= 11 is 0. The second kappa shape index (κ2) is 8.77. The summed E-state index contributed by atoms with van der Waals surface area (Å²) in [7, 11) is 1.14. The molecule has 0 N–H and O–H groups in total. The Morgan fingerprint density at radius 3 is 1.66 bits per heavy atom. The summed E-state index contributed by atoms with van der Waals surface area (Å²) in [4.78, 5) is 16.2. The summed E-state index contributed by atoms with van der Waals surface area (Å²) in [5, 5.41) is 0. The first-order valence-electron chi connectivity index (χ1n) is 8.76. The summed E-state index contributed by atoms with van der Waals surface area (Å²) in [6, 6.07) is 11.2. The summed E-state index contributed by atoms with van der Waals surface area (Å²) in [5.74, 6) is -1.65. The molecule has 0 spiro atoms. The van der Waals surface area contributed by atoms with Gasteiger partial charge in [0.2, 0.25) is 0 Å². The zero-order valence-corrected chi connectivity index (χ0v) is 16.1. The van der Waals surface area contributed by atoms with Gasteiger partial charge in [-0.25, -0.2) is 9.78 Å². The molecule has 0 fully saturated rings. The number of alkyl halides is 6. The van der Waals surface area contributed by atoms with Gasteiger partial charge in [-0.2, -0.15) is 0 Å². The van der Waals surface area contributed by atoms with E-state index in [1.807, 2.05) is 0 Å². The first-order chi connectivity index (χ1) is 14.9. The Morgan fingerprint density at radius 2 is 1.22 bits per heavy atom. The molecular formula is C21H13F6NO4. The van der Waals surface area contributed by atoms with Crippen LogP contribution in [-0.2, 0) is 4.74 Å². The quantitative estimate of drug-likeness (QED) is 0.348. The molecule has 0 radical (unpaired) electrons. The van der Waals surface area contributed by atoms with Crippen molar-refractivity contribution in [2.45, 2.75) is 12.7 Å². The predicted molar refractivity (Wildman–Crippen MR) is 99.8 cm³/mol. The number of hydrogen-bond donors (Lipinski definition) is 0. The summed E-state index contributed by atoms with van der Waals surface area (Å²) in [6.45, 7) is 0. The first-order valence-corrected chi connectivity index (χ1v) is 8.76. The highest BCUT2D eigenvalue weighted by Crippen LogP contribution is 2.32. The van der Waals surface area contributed by atoms with Crippen molar-refractivity contribution in [2.75, 3.05) is 7.11 Å². The van der Waals surface area contributed by atoms with Gasteiger partial charge in [0.1, 0.15) is 11.5 Å². The maximum absolute atomic E-state index is 12.4. The standard InChI is InChI=1S/C21H13F6NO4/c1-30-19(29)18-17(13-4-8-16(9-5-13)32-21(25,26)27)10-14(11-28-18)12-2-6-15(7-3-12)31-20(22,23)24/h2-11H,1H3. The van der Waals surface area contributed by atoms with Gasteiger partial charge in [-0.05, 0) is 41.5 Å². The smallest absolute Gasteiger partial charge is 0.464 e. The number of nitrogens with zero attached hydrogens (tertiary/aromatic N) is 1. The van der Waals surface area contributed by atoms with Crippen molar-refractivity contribution < 1.29 is 45.3 Å². The van der Waals surface area contributed by atoms with Gasteiger partial charge < -0.3 is 14.2 Å². The molecule has 0 aliphatic carbocycles. The van der Waals surface area contributed by atoms with E-state index in [1.54, 1.807) is 0 Å². The molecular weight excluding hydrogens is 444 g/mol. The maximum atomic E-state index is 12.4. The molecule has 0 atom stereocenters. The maximum Gasteiger partial charge on any atom is 0.573 e. The van der Waals surface area contributed by atoms with Gasteiger partial charge in [-0.15, -0.1) is 26.3 Å². The highest BCUT2D eigenvalue weighted by atomic mass is 19.4. The molecule has 32 heavy (non-hydrogen) atoms. The number of rotatable bonds is 5. The molecule has 0 aliphatic heterocycles. The molecule has 1 heterocycles. The van der Waals surface area contributed by atoms with Crippen LogP contribution in [0.3, 0.4) is 0 Å². The van der Waals surface area contributed by atoms with Crippen LogP contribution in [-0.4, -0.2) is 30.8 Å². The molecule has 0 aliphatic rings. The minimum Gasteiger partial charge on any atom is -0.464 e. The minimum atomic E-state index is -4.86. The molecule has 1 aromatic heterocycles. The van der Waals surface area contributed by atoms with E-state index < -0.39 is 30.2 Å². The molecule has 0 bridgehead atoms. The first kappa shape index (κ1) is 22.9. The van der Waals surface area contributed by atoms with Crippen LogP contribution in [0.25, 0.3) is 22.3 Å². The van der Waals surface area contributed by atoms with Crippen molar-refractivity contribution >= 4 is 5.97 Å². The van der Waals surface area contributed by atoms with Gasteiger partial charge in [-0.3, -0.25) is 0 Å². The van der Waals surface area contributed by atoms with Crippen LogP contribution in [0.15, 0.2) is 60.8 Å². The van der Waals surface area contributed by atoms with Gasteiger partial charge >= 0.3 is 18.7 Å². The van der Waals surface area contributed by atoms with E-state index in [1.165, 1.54) is 36.5 Å². The van der Waals surface area contributed by atoms with Crippen LogP contribution >= 0.6 is 0 Å². The molecule has 3 rings (SSSR count). The monoisotopic (exact) mass is 457 g/mol. The van der Waals surface area contributed by atoms with E-state index in [4.69, 9.17) is 4.74 Å². The average Bonchev–Trinajstić information content (AvgIpc) is 2.71. The lowest BCUT2D eigenvalue weighted by Crippen LogP contribution is -2.17. The average molecular weight is 457 g/mol. The highest BCUT2D eigenvalue weighted by Gasteiger charge is 2.31. The molecule has 11 heteroatoms. The highest BCUT2D eigenvalue weighted by molar-refractivity contribution is 5.96. The Hall–Kier alpha value is -3.76. The van der Waals surface area contributed by atoms with Crippen LogP contribution in [0.4, 0.5) is 26.3 Å². The molecule has 168 valence electrons. The molecule has 5 nitrogen and oxygen atoms in total. The zero-order chi connectivity index (χ0) is 23.5. The van der Waals surface area contributed by atoms with Crippen LogP contribution in [0.5, 0.6) is 11.5 Å². The number of aromatic nitrogens is 1. The number of carbonyl (C=O) groups is 1. The third-order valence-corrected chi connectivity index (χ3v) is 4.09. The molecule has 3 aromatic rings. The Kier molecular flexibility index (Phi) is 6.28. The van der Waals surface area contributed by atoms with Crippen molar-refractivity contribution in [1.82, 2.24) is 4.98 Å². The number of benzene rings is 2. The largest absolute Gasteiger partial charge is 0.573 e. The van der Waals surface area contributed by atoms with Crippen molar-refractivity contribution in [1.29, 1.82) is 0 Å². The van der Waals surface area contributed by atoms with Gasteiger partial charge in [-0.1, -0.05) is 24.3 Å². The van der Waals surface area contributed by atoms with E-state index in [0.29, 0.717) is 16.7 Å². The number of esters is 1. The summed E-state index contributed by atoms with van der Waals surface area (Å²) < 4.78 is 86.5. The minimum absolute atomic E-state index is 0.0993. The van der Waals surface area contributed by atoms with Crippen molar-refractivity contribution in [3.8, 4) is 33.8 Å². The van der Waals surface area contributed by atoms with Crippen LogP contribution in [0.2, 0.25) is 0 Å². The number of methoxy groups -OCH3 is 1. The Balaban J connectivity index is 1.98. The number of ether oxygens (including phenoxy) is 3. The number of carbonyl (C=O) groups excluding carboxylic acids is 1. The van der Waals surface area contributed by atoms with Gasteiger partial charge in [0.15, 0.2) is 5.69 Å². The molecule has 0 saturated carbocycles. The third-order valence-electron chi connectivity index (χ3n) is 4.09. The van der Waals surface area contributed by atoms with E-state index in [0.717, 1.165) is 31.4 Å². The van der Waals surface area contributed by atoms with Crippen molar-refractivity contribution in [3.05, 3.63) is 66.5 Å². The lowest BCUT2D eigenvalue weighted by atomic mass is 9.99. The van der Waals surface area contributed by atoms with E-state index in [9.17, 15) is 31.1 Å².